The lowest BCUT2D eigenvalue weighted by molar-refractivity contribution is -0.157. The summed E-state index contributed by atoms with van der Waals surface area (Å²) in [4.78, 5) is 39.3. The van der Waals surface area contributed by atoms with Crippen LogP contribution < -0.4 is 5.32 Å². The summed E-state index contributed by atoms with van der Waals surface area (Å²) in [6, 6.07) is 6.17. The number of likely N-dealkylation sites (tertiary alicyclic amines) is 1. The Kier molecular flexibility index (Phi) is 7.04. The molecular formula is C23H31N3O6S. The predicted molar refractivity (Wildman–Crippen MR) is 121 cm³/mol. The van der Waals surface area contributed by atoms with E-state index in [1.807, 2.05) is 0 Å². The average Bonchev–Trinajstić information content (AvgIpc) is 3.55. The molecule has 1 aliphatic carbocycles. The SMILES string of the molecule is C[C@H](OC(=O)[C@@H]1CC(=O)N(C2CCCC2)C1)C(=O)Nc1ccc(S(=O)(=O)N2CCCC2)cc1. The normalized spacial score (nSPS) is 23.1. The van der Waals surface area contributed by atoms with Crippen molar-refractivity contribution in [1.29, 1.82) is 0 Å². The number of benzene rings is 1. The van der Waals surface area contributed by atoms with Crippen molar-refractivity contribution in [2.45, 2.75) is 68.9 Å². The quantitative estimate of drug-likeness (QED) is 0.602. The molecule has 33 heavy (non-hydrogen) atoms. The molecule has 0 radical (unpaired) electrons. The molecule has 3 fully saturated rings. The number of amides is 2. The fourth-order valence-electron chi connectivity index (χ4n) is 4.81. The fraction of sp³-hybridized carbons (Fsp3) is 0.609. The molecule has 0 spiro atoms. The maximum atomic E-state index is 12.6. The molecule has 1 N–H and O–H groups in total. The number of ether oxygens (including phenoxy) is 1. The van der Waals surface area contributed by atoms with Crippen molar-refractivity contribution in [2.75, 3.05) is 25.0 Å². The molecule has 180 valence electrons. The molecule has 0 unspecified atom stereocenters. The first kappa shape index (κ1) is 23.7. The number of hydrogen-bond donors (Lipinski definition) is 1. The summed E-state index contributed by atoms with van der Waals surface area (Å²) in [5.74, 6) is -1.64. The zero-order chi connectivity index (χ0) is 23.6. The second-order valence-corrected chi connectivity index (χ2v) is 11.0. The lowest BCUT2D eigenvalue weighted by Crippen LogP contribution is -2.36. The van der Waals surface area contributed by atoms with Crippen molar-refractivity contribution in [2.24, 2.45) is 5.92 Å². The van der Waals surface area contributed by atoms with Crippen molar-refractivity contribution in [3.05, 3.63) is 24.3 Å². The van der Waals surface area contributed by atoms with Crippen LogP contribution in [-0.4, -0.2) is 67.2 Å². The summed E-state index contributed by atoms with van der Waals surface area (Å²) in [5.41, 5.74) is 0.409. The van der Waals surface area contributed by atoms with Crippen molar-refractivity contribution in [1.82, 2.24) is 9.21 Å². The number of anilines is 1. The number of rotatable bonds is 7. The summed E-state index contributed by atoms with van der Waals surface area (Å²) >= 11 is 0. The third-order valence-corrected chi connectivity index (χ3v) is 8.66. The average molecular weight is 478 g/mol. The van der Waals surface area contributed by atoms with E-state index in [2.05, 4.69) is 5.32 Å². The minimum Gasteiger partial charge on any atom is -0.452 e. The van der Waals surface area contributed by atoms with Crippen LogP contribution in [-0.2, 0) is 29.1 Å². The monoisotopic (exact) mass is 477 g/mol. The summed E-state index contributed by atoms with van der Waals surface area (Å²) in [6.07, 6.45) is 4.96. The van der Waals surface area contributed by atoms with Crippen molar-refractivity contribution in [3.63, 3.8) is 0 Å². The van der Waals surface area contributed by atoms with Gasteiger partial charge in [-0.1, -0.05) is 12.8 Å². The van der Waals surface area contributed by atoms with E-state index < -0.39 is 33.9 Å². The van der Waals surface area contributed by atoms with Gasteiger partial charge in [0.15, 0.2) is 6.10 Å². The lowest BCUT2D eigenvalue weighted by atomic mass is 10.1. The van der Waals surface area contributed by atoms with Crippen LogP contribution in [0.25, 0.3) is 0 Å². The molecule has 9 nitrogen and oxygen atoms in total. The molecule has 1 aromatic rings. The first-order valence-electron chi connectivity index (χ1n) is 11.7. The van der Waals surface area contributed by atoms with Gasteiger partial charge in [-0.25, -0.2) is 8.42 Å². The third-order valence-electron chi connectivity index (χ3n) is 6.74. The van der Waals surface area contributed by atoms with Crippen LogP contribution in [0.4, 0.5) is 5.69 Å². The van der Waals surface area contributed by atoms with Gasteiger partial charge in [-0.05, 0) is 56.9 Å². The van der Waals surface area contributed by atoms with E-state index in [0.717, 1.165) is 38.5 Å². The van der Waals surface area contributed by atoms with Crippen LogP contribution >= 0.6 is 0 Å². The number of sulfonamides is 1. The van der Waals surface area contributed by atoms with Gasteiger partial charge in [0, 0.05) is 37.8 Å². The Labute approximate surface area is 194 Å². The fourth-order valence-corrected chi connectivity index (χ4v) is 6.33. The Hall–Kier alpha value is -2.46. The van der Waals surface area contributed by atoms with Gasteiger partial charge in [0.1, 0.15) is 0 Å². The molecule has 2 atom stereocenters. The number of carbonyl (C=O) groups excluding carboxylic acids is 3. The number of hydrogen-bond acceptors (Lipinski definition) is 6. The van der Waals surface area contributed by atoms with E-state index in [4.69, 9.17) is 4.74 Å². The van der Waals surface area contributed by atoms with E-state index in [9.17, 15) is 22.8 Å². The molecule has 2 heterocycles. The van der Waals surface area contributed by atoms with Gasteiger partial charge in [0.25, 0.3) is 5.91 Å². The van der Waals surface area contributed by atoms with Crippen LogP contribution in [0.5, 0.6) is 0 Å². The van der Waals surface area contributed by atoms with E-state index >= 15 is 0 Å². The number of nitrogens with zero attached hydrogens (tertiary/aromatic N) is 2. The Morgan fingerprint density at radius 2 is 1.70 bits per heavy atom. The molecule has 0 bridgehead atoms. The van der Waals surface area contributed by atoms with Crippen LogP contribution in [0.15, 0.2) is 29.2 Å². The van der Waals surface area contributed by atoms with Gasteiger partial charge in [-0.15, -0.1) is 0 Å². The van der Waals surface area contributed by atoms with E-state index in [0.29, 0.717) is 25.3 Å². The second kappa shape index (κ2) is 9.80. The third kappa shape index (κ3) is 5.22. The molecule has 2 amide bonds. The van der Waals surface area contributed by atoms with Crippen molar-refractivity contribution in [3.8, 4) is 0 Å². The molecular weight excluding hydrogens is 446 g/mol. The Balaban J connectivity index is 1.29. The summed E-state index contributed by atoms with van der Waals surface area (Å²) in [6.45, 7) is 2.87. The molecule has 2 saturated heterocycles. The van der Waals surface area contributed by atoms with E-state index in [1.54, 1.807) is 4.90 Å². The van der Waals surface area contributed by atoms with E-state index in [1.165, 1.54) is 35.5 Å². The maximum Gasteiger partial charge on any atom is 0.312 e. The molecule has 10 heteroatoms. The topological polar surface area (TPSA) is 113 Å². The molecule has 1 saturated carbocycles. The highest BCUT2D eigenvalue weighted by atomic mass is 32.2. The lowest BCUT2D eigenvalue weighted by Gasteiger charge is -2.24. The molecule has 4 rings (SSSR count). The molecule has 2 aliphatic heterocycles. The van der Waals surface area contributed by atoms with Crippen molar-refractivity contribution < 1.29 is 27.5 Å². The van der Waals surface area contributed by atoms with E-state index in [-0.39, 0.29) is 23.3 Å². The highest BCUT2D eigenvalue weighted by molar-refractivity contribution is 7.89. The molecule has 0 aromatic heterocycles. The van der Waals surface area contributed by atoms with Crippen LogP contribution in [0.1, 0.15) is 51.9 Å². The van der Waals surface area contributed by atoms with Crippen LogP contribution in [0.2, 0.25) is 0 Å². The van der Waals surface area contributed by atoms with Crippen LogP contribution in [0, 0.1) is 5.92 Å². The zero-order valence-electron chi connectivity index (χ0n) is 18.9. The first-order chi connectivity index (χ1) is 15.8. The first-order valence-corrected chi connectivity index (χ1v) is 13.1. The standard InChI is InChI=1S/C23H31N3O6S/c1-16(32-23(29)17-14-21(27)26(15-17)19-6-2-3-7-19)22(28)24-18-8-10-20(11-9-18)33(30,31)25-12-4-5-13-25/h8-11,16-17,19H,2-7,12-15H2,1H3,(H,24,28)/t16-,17+/m0/s1. The number of nitrogens with one attached hydrogen (secondary N) is 1. The van der Waals surface area contributed by atoms with Gasteiger partial charge in [-0.2, -0.15) is 4.31 Å². The Morgan fingerprint density at radius 3 is 2.33 bits per heavy atom. The van der Waals surface area contributed by atoms with Gasteiger partial charge in [0.2, 0.25) is 15.9 Å². The van der Waals surface area contributed by atoms with Gasteiger partial charge >= 0.3 is 5.97 Å². The smallest absolute Gasteiger partial charge is 0.312 e. The highest BCUT2D eigenvalue weighted by Gasteiger charge is 2.40. The number of carbonyl (C=O) groups is 3. The molecule has 3 aliphatic rings. The van der Waals surface area contributed by atoms with Gasteiger partial charge < -0.3 is 15.0 Å². The minimum atomic E-state index is -3.52. The second-order valence-electron chi connectivity index (χ2n) is 9.09. The Bertz CT molecular complexity index is 998. The minimum absolute atomic E-state index is 0.0232. The van der Waals surface area contributed by atoms with Gasteiger partial charge in [0.05, 0.1) is 10.8 Å². The Morgan fingerprint density at radius 1 is 1.06 bits per heavy atom. The molecule has 1 aromatic carbocycles. The zero-order valence-corrected chi connectivity index (χ0v) is 19.7. The predicted octanol–water partition coefficient (Wildman–Crippen LogP) is 2.13. The van der Waals surface area contributed by atoms with Gasteiger partial charge in [-0.3, -0.25) is 14.4 Å². The largest absolute Gasteiger partial charge is 0.452 e. The maximum absolute atomic E-state index is 12.6. The van der Waals surface area contributed by atoms with Crippen LogP contribution in [0.3, 0.4) is 0 Å². The van der Waals surface area contributed by atoms with Crippen molar-refractivity contribution >= 4 is 33.5 Å². The number of esters is 1. The highest BCUT2D eigenvalue weighted by Crippen LogP contribution is 2.30. The summed E-state index contributed by atoms with van der Waals surface area (Å²) in [7, 11) is -3.52. The summed E-state index contributed by atoms with van der Waals surface area (Å²) < 4.78 is 32.0. The summed E-state index contributed by atoms with van der Waals surface area (Å²) in [5, 5.41) is 2.65.